The number of aromatic hydroxyl groups is 1. The fourth-order valence-corrected chi connectivity index (χ4v) is 5.31. The Morgan fingerprint density at radius 3 is 3.00 bits per heavy atom. The van der Waals surface area contributed by atoms with Gasteiger partial charge in [-0.15, -0.1) is 0 Å². The first-order valence-electron chi connectivity index (χ1n) is 7.83. The second kappa shape index (κ2) is 4.01. The van der Waals surface area contributed by atoms with E-state index in [1.165, 1.54) is 37.7 Å². The van der Waals surface area contributed by atoms with Gasteiger partial charge in [0.1, 0.15) is 5.75 Å². The van der Waals surface area contributed by atoms with Crippen molar-refractivity contribution >= 4 is 0 Å². The van der Waals surface area contributed by atoms with Crippen molar-refractivity contribution in [3.05, 3.63) is 35.7 Å². The highest BCUT2D eigenvalue weighted by atomic mass is 16.3. The van der Waals surface area contributed by atoms with E-state index >= 15 is 0 Å². The molecule has 3 unspecified atom stereocenters. The molecule has 19 heavy (non-hydrogen) atoms. The summed E-state index contributed by atoms with van der Waals surface area (Å²) >= 11 is 0. The normalized spacial score (nSPS) is 40.4. The predicted molar refractivity (Wildman–Crippen MR) is 77.0 cm³/mol. The van der Waals surface area contributed by atoms with Crippen LogP contribution in [0, 0.1) is 23.7 Å². The Morgan fingerprint density at radius 2 is 2.11 bits per heavy atom. The van der Waals surface area contributed by atoms with E-state index < -0.39 is 0 Å². The first-order chi connectivity index (χ1) is 9.17. The molecular formula is C18H23O. The third kappa shape index (κ3) is 1.67. The molecule has 4 atom stereocenters. The van der Waals surface area contributed by atoms with Crippen LogP contribution >= 0.6 is 0 Å². The minimum atomic E-state index is 0.437. The number of benzene rings is 1. The molecule has 4 rings (SSSR count). The summed E-state index contributed by atoms with van der Waals surface area (Å²) in [6, 6.07) is 6.08. The highest BCUT2D eigenvalue weighted by Gasteiger charge is 2.50. The number of hydrogen-bond acceptors (Lipinski definition) is 1. The van der Waals surface area contributed by atoms with Gasteiger partial charge in [-0.1, -0.05) is 13.0 Å². The quantitative estimate of drug-likeness (QED) is 0.726. The second-order valence-corrected chi connectivity index (χ2v) is 7.12. The monoisotopic (exact) mass is 255 g/mol. The van der Waals surface area contributed by atoms with Crippen LogP contribution in [0.2, 0.25) is 0 Å². The predicted octanol–water partition coefficient (Wildman–Crippen LogP) is 4.45. The summed E-state index contributed by atoms with van der Waals surface area (Å²) in [5, 5.41) is 9.67. The van der Waals surface area contributed by atoms with E-state index in [9.17, 15) is 5.11 Å². The zero-order chi connectivity index (χ0) is 13.0. The maximum Gasteiger partial charge on any atom is 0.115 e. The van der Waals surface area contributed by atoms with Crippen LogP contribution in [0.25, 0.3) is 0 Å². The van der Waals surface area contributed by atoms with E-state index in [0.29, 0.717) is 11.2 Å². The van der Waals surface area contributed by atoms with Gasteiger partial charge in [0.15, 0.2) is 0 Å². The first kappa shape index (κ1) is 11.8. The average Bonchev–Trinajstić information content (AvgIpc) is 2.79. The summed E-state index contributed by atoms with van der Waals surface area (Å²) in [7, 11) is 0. The lowest BCUT2D eigenvalue weighted by Crippen LogP contribution is -2.39. The summed E-state index contributed by atoms with van der Waals surface area (Å²) in [5.74, 6) is 2.99. The molecular weight excluding hydrogens is 232 g/mol. The number of fused-ring (bicyclic) bond motifs is 5. The van der Waals surface area contributed by atoms with Crippen molar-refractivity contribution in [3.8, 4) is 5.75 Å². The molecule has 2 saturated carbocycles. The molecule has 1 aromatic rings. The van der Waals surface area contributed by atoms with Crippen molar-refractivity contribution in [2.75, 3.05) is 0 Å². The molecule has 101 valence electrons. The Morgan fingerprint density at radius 1 is 1.21 bits per heavy atom. The van der Waals surface area contributed by atoms with Crippen LogP contribution in [0.3, 0.4) is 0 Å². The van der Waals surface area contributed by atoms with Gasteiger partial charge in [0.25, 0.3) is 0 Å². The summed E-state index contributed by atoms with van der Waals surface area (Å²) in [6.07, 6.45) is 10.5. The van der Waals surface area contributed by atoms with E-state index in [-0.39, 0.29) is 0 Å². The van der Waals surface area contributed by atoms with Crippen molar-refractivity contribution in [1.82, 2.24) is 0 Å². The van der Waals surface area contributed by atoms with Gasteiger partial charge < -0.3 is 5.11 Å². The van der Waals surface area contributed by atoms with Gasteiger partial charge in [-0.05, 0) is 91.4 Å². The van der Waals surface area contributed by atoms with Gasteiger partial charge in [-0.3, -0.25) is 0 Å². The van der Waals surface area contributed by atoms with Gasteiger partial charge in [0.05, 0.1) is 0 Å². The largest absolute Gasteiger partial charge is 0.508 e. The number of rotatable bonds is 0. The highest BCUT2D eigenvalue weighted by molar-refractivity contribution is 5.40. The summed E-state index contributed by atoms with van der Waals surface area (Å²) in [6.45, 7) is 2.49. The zero-order valence-corrected chi connectivity index (χ0v) is 11.7. The number of hydrogen-bond donors (Lipinski definition) is 1. The SMILES string of the molecule is C[C@@]12[CH]CCC1C1CCc3cc(O)ccc3C1CC2. The van der Waals surface area contributed by atoms with E-state index in [1.54, 1.807) is 5.56 Å². The lowest BCUT2D eigenvalue weighted by Gasteiger charge is -2.49. The van der Waals surface area contributed by atoms with Crippen LogP contribution in [0.15, 0.2) is 18.2 Å². The summed E-state index contributed by atoms with van der Waals surface area (Å²) in [5.41, 5.74) is 3.48. The Labute approximate surface area is 116 Å². The third-order valence-corrected chi connectivity index (χ3v) is 6.24. The van der Waals surface area contributed by atoms with Crippen molar-refractivity contribution < 1.29 is 5.11 Å². The molecule has 1 N–H and O–H groups in total. The lowest BCUT2D eigenvalue weighted by molar-refractivity contribution is 0.0795. The topological polar surface area (TPSA) is 20.2 Å². The molecule has 3 aliphatic carbocycles. The standard InChI is InChI=1S/C18H23O/c1-18-9-2-3-17(18)16-6-4-12-11-13(19)5-7-14(12)15(16)8-10-18/h5,7,9,11,15-17,19H,2-4,6,8,10H2,1H3/t15?,16?,17?,18-/m0/s1. The van der Waals surface area contributed by atoms with Gasteiger partial charge >= 0.3 is 0 Å². The summed E-state index contributed by atoms with van der Waals surface area (Å²) in [4.78, 5) is 0. The first-order valence-corrected chi connectivity index (χ1v) is 7.83. The van der Waals surface area contributed by atoms with Crippen molar-refractivity contribution in [2.24, 2.45) is 17.3 Å². The van der Waals surface area contributed by atoms with Crippen LogP contribution in [0.1, 0.15) is 56.1 Å². The molecule has 0 bridgehead atoms. The van der Waals surface area contributed by atoms with Crippen LogP contribution in [0.4, 0.5) is 0 Å². The fraction of sp³-hybridized carbons (Fsp3) is 0.611. The molecule has 0 saturated heterocycles. The third-order valence-electron chi connectivity index (χ3n) is 6.24. The Bertz CT molecular complexity index is 506. The molecule has 0 aliphatic heterocycles. The number of phenolic OH excluding ortho intramolecular Hbond substituents is 1. The van der Waals surface area contributed by atoms with Crippen molar-refractivity contribution in [2.45, 2.75) is 51.4 Å². The molecule has 0 spiro atoms. The Balaban J connectivity index is 1.72. The Hall–Kier alpha value is -0.980. The number of phenols is 1. The van der Waals surface area contributed by atoms with Crippen LogP contribution in [0.5, 0.6) is 5.75 Å². The highest BCUT2D eigenvalue weighted by Crippen LogP contribution is 2.60. The molecule has 0 amide bonds. The van der Waals surface area contributed by atoms with Gasteiger partial charge in [-0.25, -0.2) is 0 Å². The minimum Gasteiger partial charge on any atom is -0.508 e. The molecule has 1 aromatic carbocycles. The van der Waals surface area contributed by atoms with Gasteiger partial charge in [-0.2, -0.15) is 0 Å². The molecule has 0 aromatic heterocycles. The molecule has 1 heteroatoms. The lowest BCUT2D eigenvalue weighted by atomic mass is 9.56. The van der Waals surface area contributed by atoms with E-state index in [1.807, 2.05) is 12.1 Å². The molecule has 1 radical (unpaired) electrons. The summed E-state index contributed by atoms with van der Waals surface area (Å²) < 4.78 is 0. The fourth-order valence-electron chi connectivity index (χ4n) is 5.31. The number of aryl methyl sites for hydroxylation is 1. The maximum atomic E-state index is 9.67. The van der Waals surface area contributed by atoms with Crippen molar-refractivity contribution in [3.63, 3.8) is 0 Å². The minimum absolute atomic E-state index is 0.437. The molecule has 0 heterocycles. The second-order valence-electron chi connectivity index (χ2n) is 7.12. The average molecular weight is 255 g/mol. The molecule has 3 aliphatic rings. The van der Waals surface area contributed by atoms with Crippen LogP contribution in [-0.4, -0.2) is 5.11 Å². The van der Waals surface area contributed by atoms with Crippen LogP contribution in [-0.2, 0) is 6.42 Å². The smallest absolute Gasteiger partial charge is 0.115 e. The van der Waals surface area contributed by atoms with Crippen LogP contribution < -0.4 is 0 Å². The maximum absolute atomic E-state index is 9.67. The molecule has 1 nitrogen and oxygen atoms in total. The molecule has 2 fully saturated rings. The van der Waals surface area contributed by atoms with Crippen molar-refractivity contribution in [1.29, 1.82) is 0 Å². The Kier molecular flexibility index (Phi) is 2.49. The zero-order valence-electron chi connectivity index (χ0n) is 11.7. The van der Waals surface area contributed by atoms with E-state index in [2.05, 4.69) is 19.4 Å². The van der Waals surface area contributed by atoms with Gasteiger partial charge in [0, 0.05) is 0 Å². The van der Waals surface area contributed by atoms with E-state index in [0.717, 1.165) is 24.2 Å². The van der Waals surface area contributed by atoms with Gasteiger partial charge in [0.2, 0.25) is 0 Å². The van der Waals surface area contributed by atoms with E-state index in [4.69, 9.17) is 0 Å².